The fourth-order valence-electron chi connectivity index (χ4n) is 2.43. The maximum Gasteiger partial charge on any atom is 0.232 e. The molecule has 6 heteroatoms. The quantitative estimate of drug-likeness (QED) is 0.798. The third-order valence-corrected chi connectivity index (χ3v) is 5.58. The average Bonchev–Trinajstić information content (AvgIpc) is 2.26. The molecule has 0 aromatic rings. The van der Waals surface area contributed by atoms with Gasteiger partial charge in [-0.2, -0.15) is 5.26 Å². The minimum Gasteiger partial charge on any atom is -0.369 e. The van der Waals surface area contributed by atoms with Crippen LogP contribution in [0.1, 0.15) is 32.6 Å². The molecule has 0 radical (unpaired) electrons. The Kier molecular flexibility index (Phi) is 4.52. The minimum absolute atomic E-state index is 0.326. The van der Waals surface area contributed by atoms with Gasteiger partial charge in [0.2, 0.25) is 5.91 Å². The van der Waals surface area contributed by atoms with E-state index in [-0.39, 0.29) is 0 Å². The lowest BCUT2D eigenvalue weighted by atomic mass is 9.81. The number of nitrogens with two attached hydrogens (primary N) is 1. The molecule has 0 saturated heterocycles. The van der Waals surface area contributed by atoms with E-state index in [2.05, 4.69) is 0 Å². The van der Waals surface area contributed by atoms with E-state index < -0.39 is 32.7 Å². The van der Waals surface area contributed by atoms with E-state index in [1.165, 1.54) is 0 Å². The van der Waals surface area contributed by atoms with Crippen LogP contribution in [0.3, 0.4) is 0 Å². The summed E-state index contributed by atoms with van der Waals surface area (Å²) < 4.78 is 23.9. The van der Waals surface area contributed by atoms with Crippen LogP contribution in [0.25, 0.3) is 0 Å². The molecule has 0 heterocycles. The SMILES string of the molecule is CCC1CCC(C#N)C(S(=O)(=O)CC(N)=O)C1. The Labute approximate surface area is 102 Å². The van der Waals surface area contributed by atoms with Crippen molar-refractivity contribution in [2.75, 3.05) is 5.75 Å². The Morgan fingerprint density at radius 3 is 2.59 bits per heavy atom. The van der Waals surface area contributed by atoms with Gasteiger partial charge in [-0.25, -0.2) is 8.42 Å². The number of rotatable bonds is 4. The first kappa shape index (κ1) is 14.0. The summed E-state index contributed by atoms with van der Waals surface area (Å²) in [6, 6.07) is 2.05. The minimum atomic E-state index is -3.58. The van der Waals surface area contributed by atoms with Crippen LogP contribution in [0.4, 0.5) is 0 Å². The van der Waals surface area contributed by atoms with Gasteiger partial charge in [-0.1, -0.05) is 13.3 Å². The van der Waals surface area contributed by atoms with Gasteiger partial charge in [0.1, 0.15) is 5.75 Å². The molecule has 1 aliphatic rings. The van der Waals surface area contributed by atoms with Crippen LogP contribution in [0, 0.1) is 23.2 Å². The maximum atomic E-state index is 12.0. The van der Waals surface area contributed by atoms with Gasteiger partial charge < -0.3 is 5.73 Å². The normalized spacial score (nSPS) is 29.5. The summed E-state index contributed by atoms with van der Waals surface area (Å²) in [4.78, 5) is 10.8. The van der Waals surface area contributed by atoms with Crippen LogP contribution in [0.15, 0.2) is 0 Å². The lowest BCUT2D eigenvalue weighted by Gasteiger charge is -2.31. The fraction of sp³-hybridized carbons (Fsp3) is 0.818. The Hall–Kier alpha value is -1.09. The van der Waals surface area contributed by atoms with Crippen molar-refractivity contribution in [3.05, 3.63) is 0 Å². The van der Waals surface area contributed by atoms with Gasteiger partial charge in [0, 0.05) is 0 Å². The predicted octanol–water partition coefficient (Wildman–Crippen LogP) is 0.605. The smallest absolute Gasteiger partial charge is 0.232 e. The molecule has 3 unspecified atom stereocenters. The van der Waals surface area contributed by atoms with E-state index in [0.29, 0.717) is 18.8 Å². The molecule has 1 amide bonds. The molecule has 5 nitrogen and oxygen atoms in total. The Morgan fingerprint density at radius 2 is 2.12 bits per heavy atom. The van der Waals surface area contributed by atoms with Crippen molar-refractivity contribution in [1.29, 1.82) is 5.26 Å². The van der Waals surface area contributed by atoms with E-state index in [4.69, 9.17) is 11.0 Å². The number of hydrogen-bond donors (Lipinski definition) is 1. The molecule has 96 valence electrons. The number of carbonyl (C=O) groups excluding carboxylic acids is 1. The zero-order valence-corrected chi connectivity index (χ0v) is 10.7. The molecular weight excluding hydrogens is 240 g/mol. The maximum absolute atomic E-state index is 12.0. The first-order valence-electron chi connectivity index (χ1n) is 5.80. The summed E-state index contributed by atoms with van der Waals surface area (Å²) in [7, 11) is -3.58. The number of nitriles is 1. The number of nitrogens with zero attached hydrogens (tertiary/aromatic N) is 1. The molecule has 1 saturated carbocycles. The summed E-state index contributed by atoms with van der Waals surface area (Å²) in [5, 5.41) is 8.26. The zero-order valence-electron chi connectivity index (χ0n) is 9.93. The van der Waals surface area contributed by atoms with Crippen molar-refractivity contribution in [2.24, 2.45) is 17.6 Å². The van der Waals surface area contributed by atoms with Gasteiger partial charge >= 0.3 is 0 Å². The fourth-order valence-corrected chi connectivity index (χ4v) is 4.31. The lowest BCUT2D eigenvalue weighted by Crippen LogP contribution is -2.39. The van der Waals surface area contributed by atoms with Gasteiger partial charge in [-0.05, 0) is 25.2 Å². The highest BCUT2D eigenvalue weighted by Crippen LogP contribution is 2.34. The first-order valence-corrected chi connectivity index (χ1v) is 7.51. The predicted molar refractivity (Wildman–Crippen MR) is 63.5 cm³/mol. The molecule has 1 rings (SSSR count). The second-order valence-corrected chi connectivity index (χ2v) is 6.85. The molecular formula is C11H18N2O3S. The Balaban J connectivity index is 2.90. The standard InChI is InChI=1S/C11H18N2O3S/c1-2-8-3-4-9(6-12)10(5-8)17(15,16)7-11(13)14/h8-10H,2-5,7H2,1H3,(H2,13,14). The number of primary amides is 1. The van der Waals surface area contributed by atoms with E-state index in [0.717, 1.165) is 12.8 Å². The van der Waals surface area contributed by atoms with E-state index in [9.17, 15) is 13.2 Å². The molecule has 3 atom stereocenters. The summed E-state index contributed by atoms with van der Waals surface area (Å²) in [6.07, 6.45) is 2.86. The molecule has 2 N–H and O–H groups in total. The number of carbonyl (C=O) groups is 1. The Bertz CT molecular complexity index is 424. The van der Waals surface area contributed by atoms with Crippen molar-refractivity contribution >= 4 is 15.7 Å². The molecule has 17 heavy (non-hydrogen) atoms. The largest absolute Gasteiger partial charge is 0.369 e. The topological polar surface area (TPSA) is 101 Å². The molecule has 0 spiro atoms. The van der Waals surface area contributed by atoms with Gasteiger partial charge in [0.15, 0.2) is 9.84 Å². The Morgan fingerprint density at radius 1 is 1.47 bits per heavy atom. The van der Waals surface area contributed by atoms with E-state index >= 15 is 0 Å². The molecule has 0 bridgehead atoms. The van der Waals surface area contributed by atoms with Crippen LogP contribution < -0.4 is 5.73 Å². The summed E-state index contributed by atoms with van der Waals surface area (Å²) in [5.41, 5.74) is 4.94. The van der Waals surface area contributed by atoms with Crippen LogP contribution in [-0.4, -0.2) is 25.3 Å². The van der Waals surface area contributed by atoms with Crippen molar-refractivity contribution in [2.45, 2.75) is 37.9 Å². The summed E-state index contributed by atoms with van der Waals surface area (Å²) in [6.45, 7) is 2.01. The number of sulfone groups is 1. The highest BCUT2D eigenvalue weighted by Gasteiger charge is 2.39. The van der Waals surface area contributed by atoms with E-state index in [1.54, 1.807) is 0 Å². The highest BCUT2D eigenvalue weighted by atomic mass is 32.2. The number of amides is 1. The number of hydrogen-bond acceptors (Lipinski definition) is 4. The second kappa shape index (κ2) is 5.50. The van der Waals surface area contributed by atoms with Gasteiger partial charge in [0.25, 0.3) is 0 Å². The lowest BCUT2D eigenvalue weighted by molar-refractivity contribution is -0.115. The molecule has 0 aromatic carbocycles. The molecule has 0 aromatic heterocycles. The zero-order chi connectivity index (χ0) is 13.1. The molecule has 1 aliphatic carbocycles. The van der Waals surface area contributed by atoms with Crippen molar-refractivity contribution in [1.82, 2.24) is 0 Å². The van der Waals surface area contributed by atoms with Crippen LogP contribution in [0.5, 0.6) is 0 Å². The molecule has 0 aliphatic heterocycles. The van der Waals surface area contributed by atoms with Crippen molar-refractivity contribution < 1.29 is 13.2 Å². The summed E-state index contributed by atoms with van der Waals surface area (Å²) >= 11 is 0. The van der Waals surface area contributed by atoms with Gasteiger partial charge in [-0.3, -0.25) is 4.79 Å². The van der Waals surface area contributed by atoms with E-state index in [1.807, 2.05) is 13.0 Å². The van der Waals surface area contributed by atoms with Gasteiger partial charge in [-0.15, -0.1) is 0 Å². The monoisotopic (exact) mass is 258 g/mol. The summed E-state index contributed by atoms with van der Waals surface area (Å²) in [5.74, 6) is -1.67. The second-order valence-electron chi connectivity index (χ2n) is 4.63. The first-order chi connectivity index (χ1) is 7.90. The van der Waals surface area contributed by atoms with Crippen molar-refractivity contribution in [3.63, 3.8) is 0 Å². The third-order valence-electron chi connectivity index (χ3n) is 3.45. The van der Waals surface area contributed by atoms with Gasteiger partial charge in [0.05, 0.1) is 17.2 Å². The third kappa shape index (κ3) is 3.43. The molecule has 1 fully saturated rings. The average molecular weight is 258 g/mol. The van der Waals surface area contributed by atoms with Crippen molar-refractivity contribution in [3.8, 4) is 6.07 Å². The van der Waals surface area contributed by atoms with Crippen LogP contribution in [-0.2, 0) is 14.6 Å². The highest BCUT2D eigenvalue weighted by molar-refractivity contribution is 7.92. The van der Waals surface area contributed by atoms with Crippen LogP contribution in [0.2, 0.25) is 0 Å². The van der Waals surface area contributed by atoms with Crippen LogP contribution >= 0.6 is 0 Å².